The lowest BCUT2D eigenvalue weighted by molar-refractivity contribution is 0.0954. The Labute approximate surface area is 219 Å². The van der Waals surface area contributed by atoms with Gasteiger partial charge in [-0.25, -0.2) is 5.43 Å². The summed E-state index contributed by atoms with van der Waals surface area (Å²) >= 11 is 12.4. The molecule has 0 aliphatic rings. The van der Waals surface area contributed by atoms with Gasteiger partial charge in [0.25, 0.3) is 5.91 Å². The number of carbonyl (C=O) groups is 1. The number of rotatable bonds is 10. The van der Waals surface area contributed by atoms with Gasteiger partial charge in [-0.15, -0.1) is 0 Å². The number of hydrazone groups is 1. The third-order valence-electron chi connectivity index (χ3n) is 4.69. The molecule has 0 aliphatic carbocycles. The second kappa shape index (κ2) is 11.9. The molecule has 0 bridgehead atoms. The molecule has 0 saturated carbocycles. The lowest BCUT2D eigenvalue weighted by Crippen LogP contribution is -2.17. The topological polar surface area (TPSA) is 103 Å². The predicted octanol–water partition coefficient (Wildman–Crippen LogP) is 5.41. The average Bonchev–Trinajstić information content (AvgIpc) is 2.85. The van der Waals surface area contributed by atoms with Gasteiger partial charge >= 0.3 is 10.1 Å². The summed E-state index contributed by atoms with van der Waals surface area (Å²) in [5.41, 5.74) is 3.97. The Morgan fingerprint density at radius 3 is 2.33 bits per heavy atom. The summed E-state index contributed by atoms with van der Waals surface area (Å²) in [5.74, 6) is 0.128. The van der Waals surface area contributed by atoms with Gasteiger partial charge in [-0.05, 0) is 55.0 Å². The van der Waals surface area contributed by atoms with Gasteiger partial charge in [-0.3, -0.25) is 4.79 Å². The number of halogens is 2. The lowest BCUT2D eigenvalue weighted by atomic mass is 10.2. The molecule has 1 amide bonds. The molecular formula is C25H22Cl2N2O6S. The maximum absolute atomic E-state index is 12.6. The summed E-state index contributed by atoms with van der Waals surface area (Å²) in [6, 6.07) is 13.6. The maximum Gasteiger partial charge on any atom is 0.339 e. The third-order valence-corrected chi connectivity index (χ3v) is 6.48. The molecule has 0 saturated heterocycles. The third kappa shape index (κ3) is 6.78. The van der Waals surface area contributed by atoms with Crippen molar-refractivity contribution in [2.24, 2.45) is 5.10 Å². The van der Waals surface area contributed by atoms with Crippen LogP contribution in [0.1, 0.15) is 21.5 Å². The number of ether oxygens (including phenoxy) is 2. The highest BCUT2D eigenvalue weighted by atomic mass is 35.5. The average molecular weight is 549 g/mol. The summed E-state index contributed by atoms with van der Waals surface area (Å²) in [4.78, 5) is 12.4. The monoisotopic (exact) mass is 548 g/mol. The number of benzene rings is 3. The number of hydrogen-bond donors (Lipinski definition) is 1. The molecule has 3 rings (SSSR count). The van der Waals surface area contributed by atoms with Crippen molar-refractivity contribution in [3.05, 3.63) is 94.0 Å². The van der Waals surface area contributed by atoms with Crippen molar-refractivity contribution in [3.8, 4) is 17.2 Å². The van der Waals surface area contributed by atoms with Gasteiger partial charge in [-0.1, -0.05) is 53.6 Å². The van der Waals surface area contributed by atoms with Gasteiger partial charge in [-0.2, -0.15) is 13.5 Å². The fourth-order valence-electron chi connectivity index (χ4n) is 2.90. The quantitative estimate of drug-likeness (QED) is 0.157. The summed E-state index contributed by atoms with van der Waals surface area (Å²) < 4.78 is 41.0. The zero-order valence-corrected chi connectivity index (χ0v) is 21.7. The van der Waals surface area contributed by atoms with Crippen molar-refractivity contribution in [2.75, 3.05) is 13.7 Å². The Bertz CT molecular complexity index is 1380. The van der Waals surface area contributed by atoms with Gasteiger partial charge in [0.1, 0.15) is 11.5 Å². The van der Waals surface area contributed by atoms with Gasteiger partial charge < -0.3 is 13.7 Å². The molecule has 0 heterocycles. The van der Waals surface area contributed by atoms with Gasteiger partial charge in [0, 0.05) is 5.56 Å². The Kier molecular flexibility index (Phi) is 8.98. The van der Waals surface area contributed by atoms with Crippen LogP contribution >= 0.6 is 23.2 Å². The van der Waals surface area contributed by atoms with E-state index < -0.39 is 16.0 Å². The summed E-state index contributed by atoms with van der Waals surface area (Å²) in [6.45, 7) is 5.71. The second-order valence-corrected chi connectivity index (χ2v) is 9.69. The second-order valence-electron chi connectivity index (χ2n) is 7.33. The number of methoxy groups -OCH3 is 1. The van der Waals surface area contributed by atoms with E-state index in [1.54, 1.807) is 30.3 Å². The number of amides is 1. The van der Waals surface area contributed by atoms with E-state index in [2.05, 4.69) is 17.1 Å². The number of nitrogens with one attached hydrogen (secondary N) is 1. The molecule has 0 aliphatic heterocycles. The van der Waals surface area contributed by atoms with Gasteiger partial charge in [0.15, 0.2) is 17.2 Å². The molecule has 0 unspecified atom stereocenters. The van der Waals surface area contributed by atoms with E-state index in [0.29, 0.717) is 23.7 Å². The summed E-state index contributed by atoms with van der Waals surface area (Å²) in [7, 11) is -2.68. The number of aryl methyl sites for hydroxylation is 1. The fourth-order valence-corrected chi connectivity index (χ4v) is 4.54. The maximum atomic E-state index is 12.6. The largest absolute Gasteiger partial charge is 0.493 e. The number of hydrogen-bond acceptors (Lipinski definition) is 7. The molecule has 0 aromatic heterocycles. The standard InChI is InChI=1S/C25H22Cl2N2O6S/c1-4-11-34-22-10-7-18(14-23(22)33-3)25(30)29-28-15-17-12-20(26)24(21(27)13-17)35-36(31,32)19-8-5-16(2)6-9-19/h4-10,12-15H,1,11H2,2-3H3,(H,29,30)/b28-15+. The van der Waals surface area contributed by atoms with Crippen LogP contribution in [0.2, 0.25) is 10.0 Å². The zero-order valence-electron chi connectivity index (χ0n) is 19.3. The van der Waals surface area contributed by atoms with Crippen LogP contribution in [-0.2, 0) is 10.1 Å². The first kappa shape index (κ1) is 27.1. The van der Waals surface area contributed by atoms with E-state index >= 15 is 0 Å². The first-order valence-corrected chi connectivity index (χ1v) is 12.6. The molecular weight excluding hydrogens is 527 g/mol. The molecule has 0 fully saturated rings. The van der Waals surface area contributed by atoms with Crippen molar-refractivity contribution >= 4 is 45.4 Å². The molecule has 3 aromatic carbocycles. The first-order chi connectivity index (χ1) is 17.1. The Morgan fingerprint density at radius 1 is 1.06 bits per heavy atom. The van der Waals surface area contributed by atoms with Crippen LogP contribution < -0.4 is 19.1 Å². The van der Waals surface area contributed by atoms with E-state index in [1.807, 2.05) is 6.92 Å². The molecule has 0 spiro atoms. The molecule has 11 heteroatoms. The van der Waals surface area contributed by atoms with Crippen molar-refractivity contribution in [1.82, 2.24) is 5.43 Å². The molecule has 36 heavy (non-hydrogen) atoms. The van der Waals surface area contributed by atoms with E-state index in [1.165, 1.54) is 43.7 Å². The van der Waals surface area contributed by atoms with Crippen molar-refractivity contribution < 1.29 is 26.9 Å². The van der Waals surface area contributed by atoms with E-state index in [9.17, 15) is 13.2 Å². The van der Waals surface area contributed by atoms with Crippen molar-refractivity contribution in [2.45, 2.75) is 11.8 Å². The molecule has 188 valence electrons. The van der Waals surface area contributed by atoms with E-state index in [-0.39, 0.29) is 26.3 Å². The van der Waals surface area contributed by atoms with Crippen LogP contribution in [-0.4, -0.2) is 34.3 Å². The highest BCUT2D eigenvalue weighted by molar-refractivity contribution is 7.87. The minimum Gasteiger partial charge on any atom is -0.493 e. The van der Waals surface area contributed by atoms with Gasteiger partial charge in [0.2, 0.25) is 0 Å². The predicted molar refractivity (Wildman–Crippen MR) is 139 cm³/mol. The van der Waals surface area contributed by atoms with Crippen LogP contribution in [0.15, 0.2) is 77.2 Å². The van der Waals surface area contributed by atoms with E-state index in [0.717, 1.165) is 5.56 Å². The highest BCUT2D eigenvalue weighted by Gasteiger charge is 2.21. The van der Waals surface area contributed by atoms with Crippen LogP contribution in [0, 0.1) is 6.92 Å². The van der Waals surface area contributed by atoms with Crippen molar-refractivity contribution in [1.29, 1.82) is 0 Å². The van der Waals surface area contributed by atoms with Crippen LogP contribution in [0.3, 0.4) is 0 Å². The molecule has 8 nitrogen and oxygen atoms in total. The van der Waals surface area contributed by atoms with Crippen LogP contribution in [0.25, 0.3) is 0 Å². The summed E-state index contributed by atoms with van der Waals surface area (Å²) in [6.07, 6.45) is 2.89. The van der Waals surface area contributed by atoms with Crippen LogP contribution in [0.4, 0.5) is 0 Å². The fraction of sp³-hybridized carbons (Fsp3) is 0.120. The Morgan fingerprint density at radius 2 is 1.72 bits per heavy atom. The molecule has 0 atom stereocenters. The minimum atomic E-state index is -4.14. The molecule has 0 radical (unpaired) electrons. The van der Waals surface area contributed by atoms with E-state index in [4.69, 9.17) is 36.9 Å². The highest BCUT2D eigenvalue weighted by Crippen LogP contribution is 2.36. The first-order valence-electron chi connectivity index (χ1n) is 10.4. The molecule has 1 N–H and O–H groups in total. The molecule has 3 aromatic rings. The van der Waals surface area contributed by atoms with Crippen molar-refractivity contribution in [3.63, 3.8) is 0 Å². The Balaban J connectivity index is 1.71. The van der Waals surface area contributed by atoms with Gasteiger partial charge in [0.05, 0.1) is 23.4 Å². The SMILES string of the molecule is C=CCOc1ccc(C(=O)N/N=C/c2cc(Cl)c(OS(=O)(=O)c3ccc(C)cc3)c(Cl)c2)cc1OC. The zero-order chi connectivity index (χ0) is 26.3. The normalized spacial score (nSPS) is 11.2. The lowest BCUT2D eigenvalue weighted by Gasteiger charge is -2.11. The smallest absolute Gasteiger partial charge is 0.339 e. The minimum absolute atomic E-state index is 0.0366. The Hall–Kier alpha value is -3.53. The summed E-state index contributed by atoms with van der Waals surface area (Å²) in [5, 5.41) is 3.80. The number of carbonyl (C=O) groups excluding carboxylic acids is 1. The van der Waals surface area contributed by atoms with Crippen LogP contribution in [0.5, 0.6) is 17.2 Å². The number of nitrogens with zero attached hydrogens (tertiary/aromatic N) is 1.